The highest BCUT2D eigenvalue weighted by atomic mass is 32.2. The fraction of sp³-hybridized carbons (Fsp3) is 0.467. The molecule has 0 spiro atoms. The second-order valence-corrected chi connectivity index (χ2v) is 7.24. The summed E-state index contributed by atoms with van der Waals surface area (Å²) in [6.45, 7) is 2.33. The maximum atomic E-state index is 12.2. The monoisotopic (exact) mass is 293 g/mol. The number of sulfonamides is 1. The summed E-state index contributed by atoms with van der Waals surface area (Å²) in [5, 5.41) is 8.66. The van der Waals surface area contributed by atoms with E-state index in [4.69, 9.17) is 5.11 Å². The fourth-order valence-electron chi connectivity index (χ4n) is 2.19. The van der Waals surface area contributed by atoms with Crippen molar-refractivity contribution in [2.75, 3.05) is 13.2 Å². The Bertz CT molecular complexity index is 637. The molecule has 0 amide bonds. The summed E-state index contributed by atoms with van der Waals surface area (Å²) in [6, 6.07) is 6.44. The SMILES string of the molecule is CC1(CNS(=O)(=O)c2cccc(C#CCO)c2)CCC1. The van der Waals surface area contributed by atoms with Crippen molar-refractivity contribution < 1.29 is 13.5 Å². The van der Waals surface area contributed by atoms with Crippen LogP contribution in [-0.4, -0.2) is 26.7 Å². The molecule has 0 radical (unpaired) electrons. The first-order chi connectivity index (χ1) is 9.45. The van der Waals surface area contributed by atoms with Gasteiger partial charge in [-0.2, -0.15) is 0 Å². The highest BCUT2D eigenvalue weighted by Gasteiger charge is 2.33. The Morgan fingerprint density at radius 2 is 2.15 bits per heavy atom. The summed E-state index contributed by atoms with van der Waals surface area (Å²) < 4.78 is 27.1. The van der Waals surface area contributed by atoms with E-state index in [2.05, 4.69) is 23.5 Å². The lowest BCUT2D eigenvalue weighted by atomic mass is 9.71. The maximum Gasteiger partial charge on any atom is 0.240 e. The molecular formula is C15H19NO3S. The van der Waals surface area contributed by atoms with Crippen LogP contribution in [0.2, 0.25) is 0 Å². The summed E-state index contributed by atoms with van der Waals surface area (Å²) in [7, 11) is -3.50. The molecule has 0 bridgehead atoms. The van der Waals surface area contributed by atoms with E-state index < -0.39 is 10.0 Å². The molecule has 1 saturated carbocycles. The van der Waals surface area contributed by atoms with E-state index in [-0.39, 0.29) is 16.9 Å². The third kappa shape index (κ3) is 3.60. The van der Waals surface area contributed by atoms with Crippen LogP contribution < -0.4 is 4.72 Å². The molecule has 4 nitrogen and oxygen atoms in total. The predicted molar refractivity (Wildman–Crippen MR) is 77.6 cm³/mol. The van der Waals surface area contributed by atoms with Gasteiger partial charge in [0.2, 0.25) is 10.0 Å². The second-order valence-electron chi connectivity index (χ2n) is 5.48. The van der Waals surface area contributed by atoms with E-state index in [1.54, 1.807) is 18.2 Å². The molecule has 2 N–H and O–H groups in total. The summed E-state index contributed by atoms with van der Waals surface area (Å²) in [5.74, 6) is 5.22. The lowest BCUT2D eigenvalue weighted by Crippen LogP contribution is -2.39. The molecular weight excluding hydrogens is 274 g/mol. The van der Waals surface area contributed by atoms with Gasteiger partial charge in [-0.15, -0.1) is 0 Å². The molecule has 0 saturated heterocycles. The van der Waals surface area contributed by atoms with Crippen LogP contribution in [0, 0.1) is 17.3 Å². The van der Waals surface area contributed by atoms with Crippen molar-refractivity contribution in [2.45, 2.75) is 31.1 Å². The Morgan fingerprint density at radius 1 is 1.40 bits per heavy atom. The van der Waals surface area contributed by atoms with Crippen LogP contribution in [0.1, 0.15) is 31.7 Å². The molecule has 5 heteroatoms. The number of hydrogen-bond donors (Lipinski definition) is 2. The van der Waals surface area contributed by atoms with Crippen LogP contribution in [0.3, 0.4) is 0 Å². The van der Waals surface area contributed by atoms with Crippen LogP contribution in [0.4, 0.5) is 0 Å². The van der Waals surface area contributed by atoms with Gasteiger partial charge in [-0.05, 0) is 36.5 Å². The van der Waals surface area contributed by atoms with E-state index in [9.17, 15) is 8.42 Å². The minimum atomic E-state index is -3.50. The molecule has 0 heterocycles. The minimum absolute atomic E-state index is 0.0986. The molecule has 2 rings (SSSR count). The molecule has 1 aliphatic rings. The fourth-order valence-corrected chi connectivity index (χ4v) is 3.44. The van der Waals surface area contributed by atoms with Gasteiger partial charge in [0.15, 0.2) is 0 Å². The quantitative estimate of drug-likeness (QED) is 0.827. The van der Waals surface area contributed by atoms with E-state index in [1.807, 2.05) is 0 Å². The average Bonchev–Trinajstić information content (AvgIpc) is 2.41. The summed E-state index contributed by atoms with van der Waals surface area (Å²) in [6.07, 6.45) is 3.31. The van der Waals surface area contributed by atoms with Gasteiger partial charge in [-0.1, -0.05) is 31.3 Å². The topological polar surface area (TPSA) is 66.4 Å². The van der Waals surface area contributed by atoms with Crippen LogP contribution >= 0.6 is 0 Å². The van der Waals surface area contributed by atoms with Gasteiger partial charge in [0, 0.05) is 12.1 Å². The van der Waals surface area contributed by atoms with Crippen molar-refractivity contribution in [3.05, 3.63) is 29.8 Å². The van der Waals surface area contributed by atoms with Crippen molar-refractivity contribution in [3.8, 4) is 11.8 Å². The first-order valence-electron chi connectivity index (χ1n) is 6.65. The maximum absolute atomic E-state index is 12.2. The highest BCUT2D eigenvalue weighted by Crippen LogP contribution is 2.39. The number of benzene rings is 1. The van der Waals surface area contributed by atoms with Crippen LogP contribution in [0.5, 0.6) is 0 Å². The largest absolute Gasteiger partial charge is 0.384 e. The Morgan fingerprint density at radius 3 is 2.75 bits per heavy atom. The lowest BCUT2D eigenvalue weighted by Gasteiger charge is -2.38. The van der Waals surface area contributed by atoms with Gasteiger partial charge < -0.3 is 5.11 Å². The molecule has 1 aromatic rings. The number of hydrogen-bond acceptors (Lipinski definition) is 3. The second kappa shape index (κ2) is 5.96. The molecule has 1 fully saturated rings. The van der Waals surface area contributed by atoms with Gasteiger partial charge in [0.05, 0.1) is 4.90 Å². The van der Waals surface area contributed by atoms with Crippen molar-refractivity contribution in [2.24, 2.45) is 5.41 Å². The average molecular weight is 293 g/mol. The number of aliphatic hydroxyl groups is 1. The number of aliphatic hydroxyl groups excluding tert-OH is 1. The lowest BCUT2D eigenvalue weighted by molar-refractivity contribution is 0.166. The molecule has 20 heavy (non-hydrogen) atoms. The van der Waals surface area contributed by atoms with E-state index in [0.717, 1.165) is 12.8 Å². The van der Waals surface area contributed by atoms with Crippen LogP contribution in [0.25, 0.3) is 0 Å². The van der Waals surface area contributed by atoms with E-state index >= 15 is 0 Å². The first kappa shape index (κ1) is 15.0. The van der Waals surface area contributed by atoms with E-state index in [0.29, 0.717) is 12.1 Å². The molecule has 0 aromatic heterocycles. The van der Waals surface area contributed by atoms with Gasteiger partial charge >= 0.3 is 0 Å². The number of rotatable bonds is 4. The smallest absolute Gasteiger partial charge is 0.240 e. The molecule has 1 aliphatic carbocycles. The van der Waals surface area contributed by atoms with Gasteiger partial charge in [0.1, 0.15) is 6.61 Å². The summed E-state index contributed by atoms with van der Waals surface area (Å²) >= 11 is 0. The van der Waals surface area contributed by atoms with Gasteiger partial charge in [-0.3, -0.25) is 0 Å². The number of nitrogens with one attached hydrogen (secondary N) is 1. The van der Waals surface area contributed by atoms with E-state index in [1.165, 1.54) is 12.5 Å². The Labute approximate surface area is 120 Å². The third-order valence-corrected chi connectivity index (χ3v) is 5.10. The summed E-state index contributed by atoms with van der Waals surface area (Å²) in [4.78, 5) is 0.213. The normalized spacial score (nSPS) is 16.9. The van der Waals surface area contributed by atoms with Crippen molar-refractivity contribution in [3.63, 3.8) is 0 Å². The van der Waals surface area contributed by atoms with Gasteiger partial charge in [-0.25, -0.2) is 13.1 Å². The molecule has 0 atom stereocenters. The molecule has 1 aromatic carbocycles. The van der Waals surface area contributed by atoms with Gasteiger partial charge in [0.25, 0.3) is 0 Å². The van der Waals surface area contributed by atoms with Crippen molar-refractivity contribution in [1.82, 2.24) is 4.72 Å². The Hall–Kier alpha value is -1.35. The highest BCUT2D eigenvalue weighted by molar-refractivity contribution is 7.89. The Kier molecular flexibility index (Phi) is 4.48. The summed E-state index contributed by atoms with van der Waals surface area (Å²) in [5.41, 5.74) is 0.679. The van der Waals surface area contributed by atoms with Crippen molar-refractivity contribution in [1.29, 1.82) is 0 Å². The molecule has 0 aliphatic heterocycles. The third-order valence-electron chi connectivity index (χ3n) is 3.71. The Balaban J connectivity index is 2.12. The van der Waals surface area contributed by atoms with Crippen molar-refractivity contribution >= 4 is 10.0 Å². The van der Waals surface area contributed by atoms with Crippen LogP contribution in [0.15, 0.2) is 29.2 Å². The minimum Gasteiger partial charge on any atom is -0.384 e. The van der Waals surface area contributed by atoms with Crippen LogP contribution in [-0.2, 0) is 10.0 Å². The zero-order valence-electron chi connectivity index (χ0n) is 11.5. The first-order valence-corrected chi connectivity index (χ1v) is 8.13. The molecule has 0 unspecified atom stereocenters. The zero-order valence-corrected chi connectivity index (χ0v) is 12.3. The predicted octanol–water partition coefficient (Wildman–Crippen LogP) is 1.50. The zero-order chi connectivity index (χ0) is 14.6. The molecule has 108 valence electrons. The standard InChI is InChI=1S/C15H19NO3S/c1-15(8-4-9-15)12-16-20(18,19)14-7-2-5-13(11-14)6-3-10-17/h2,5,7,11,16-17H,4,8-10,12H2,1H3.